The van der Waals surface area contributed by atoms with Gasteiger partial charge in [0.2, 0.25) is 0 Å². The molecule has 4 atom stereocenters. The topological polar surface area (TPSA) is 91.3 Å². The van der Waals surface area contributed by atoms with Gasteiger partial charge < -0.3 is 24.1 Å². The molecule has 0 saturated heterocycles. The van der Waals surface area contributed by atoms with E-state index in [9.17, 15) is 14.7 Å². The van der Waals surface area contributed by atoms with E-state index in [1.165, 1.54) is 0 Å². The molecule has 7 nitrogen and oxygen atoms in total. The molecule has 0 unspecified atom stereocenters. The van der Waals surface area contributed by atoms with Crippen molar-refractivity contribution in [1.82, 2.24) is 0 Å². The first-order valence-electron chi connectivity index (χ1n) is 13.3. The Kier molecular flexibility index (Phi) is 7.10. The first kappa shape index (κ1) is 26.8. The molecule has 1 fully saturated rings. The number of benzene rings is 1. The number of aliphatic hydroxyl groups is 1. The third-order valence-corrected chi connectivity index (χ3v) is 9.11. The highest BCUT2D eigenvalue weighted by atomic mass is 16.5. The van der Waals surface area contributed by atoms with Crippen LogP contribution in [-0.2, 0) is 27.3 Å². The Bertz CT molecular complexity index is 1040. The molecule has 1 aromatic carbocycles. The van der Waals surface area contributed by atoms with Crippen LogP contribution in [0.25, 0.3) is 0 Å². The van der Waals surface area contributed by atoms with E-state index in [1.54, 1.807) is 7.11 Å². The number of carbonyl (C=O) groups is 2. The maximum Gasteiger partial charge on any atom is 0.342 e. The van der Waals surface area contributed by atoms with Crippen molar-refractivity contribution < 1.29 is 33.6 Å². The van der Waals surface area contributed by atoms with Crippen molar-refractivity contribution in [2.24, 2.45) is 17.3 Å². The molecule has 0 spiro atoms. The van der Waals surface area contributed by atoms with Crippen LogP contribution in [0, 0.1) is 24.2 Å². The van der Waals surface area contributed by atoms with Crippen LogP contribution >= 0.6 is 0 Å². The summed E-state index contributed by atoms with van der Waals surface area (Å²) in [7, 11) is 1.58. The number of hydrogen-bond acceptors (Lipinski definition) is 7. The summed E-state index contributed by atoms with van der Waals surface area (Å²) < 4.78 is 23.5. The number of esters is 2. The van der Waals surface area contributed by atoms with E-state index in [0.29, 0.717) is 37.2 Å². The van der Waals surface area contributed by atoms with Crippen LogP contribution < -0.4 is 9.47 Å². The van der Waals surface area contributed by atoms with Gasteiger partial charge in [-0.25, -0.2) is 4.79 Å². The molecule has 4 rings (SSSR count). The molecule has 200 valence electrons. The fourth-order valence-electron chi connectivity index (χ4n) is 7.26. The van der Waals surface area contributed by atoms with Gasteiger partial charge in [0.05, 0.1) is 19.3 Å². The minimum atomic E-state index is -0.926. The lowest BCUT2D eigenvalue weighted by Crippen LogP contribution is -2.61. The highest BCUT2D eigenvalue weighted by molar-refractivity contribution is 5.98. The zero-order valence-corrected chi connectivity index (χ0v) is 22.9. The predicted molar refractivity (Wildman–Crippen MR) is 135 cm³/mol. The van der Waals surface area contributed by atoms with Crippen LogP contribution in [0.1, 0.15) is 100 Å². The Morgan fingerprint density at radius 3 is 2.61 bits per heavy atom. The van der Waals surface area contributed by atoms with Crippen LogP contribution in [0.5, 0.6) is 11.5 Å². The van der Waals surface area contributed by atoms with Gasteiger partial charge in [-0.15, -0.1) is 0 Å². The van der Waals surface area contributed by atoms with Crippen LogP contribution in [0.15, 0.2) is 0 Å². The normalized spacial score (nSPS) is 28.9. The quantitative estimate of drug-likeness (QED) is 0.381. The number of methoxy groups -OCH3 is 1. The first-order chi connectivity index (χ1) is 16.9. The van der Waals surface area contributed by atoms with Crippen LogP contribution in [0.4, 0.5) is 0 Å². The largest absolute Gasteiger partial charge is 0.495 e. The molecule has 1 N–H and O–H groups in total. The van der Waals surface area contributed by atoms with Gasteiger partial charge in [0.15, 0.2) is 0 Å². The first-order valence-corrected chi connectivity index (χ1v) is 13.3. The Balaban J connectivity index is 1.75. The van der Waals surface area contributed by atoms with Crippen molar-refractivity contribution in [2.75, 3.05) is 13.7 Å². The molecule has 1 aliphatic carbocycles. The SMILES string of the molecule is CCCCOC(=O)CC[C@@]1(C)[C@H]2Cc3c(c(C)c4c(c3OC)C(=O)OC4)O[C@@]2(C)CC[C@H]1C(C)(C)O. The van der Waals surface area contributed by atoms with E-state index >= 15 is 0 Å². The number of cyclic esters (lactones) is 1. The van der Waals surface area contributed by atoms with Gasteiger partial charge in [-0.1, -0.05) is 20.3 Å². The average molecular weight is 503 g/mol. The van der Waals surface area contributed by atoms with Gasteiger partial charge in [0, 0.05) is 23.5 Å². The lowest BCUT2D eigenvalue weighted by atomic mass is 9.49. The Labute approximate surface area is 214 Å². The van der Waals surface area contributed by atoms with Crippen molar-refractivity contribution in [1.29, 1.82) is 0 Å². The highest BCUT2D eigenvalue weighted by Crippen LogP contribution is 2.61. The van der Waals surface area contributed by atoms with E-state index in [4.69, 9.17) is 18.9 Å². The summed E-state index contributed by atoms with van der Waals surface area (Å²) in [5.74, 6) is 0.708. The Morgan fingerprint density at radius 1 is 1.25 bits per heavy atom. The molecule has 0 radical (unpaired) electrons. The molecule has 0 bridgehead atoms. The zero-order chi connectivity index (χ0) is 26.5. The second-order valence-corrected chi connectivity index (χ2v) is 11.9. The molecule has 1 saturated carbocycles. The molecule has 1 aromatic rings. The molecular weight excluding hydrogens is 460 g/mol. The summed E-state index contributed by atoms with van der Waals surface area (Å²) in [6.45, 7) is 12.8. The van der Waals surface area contributed by atoms with E-state index < -0.39 is 16.6 Å². The van der Waals surface area contributed by atoms with Gasteiger partial charge >= 0.3 is 11.9 Å². The monoisotopic (exact) mass is 502 g/mol. The lowest BCUT2D eigenvalue weighted by Gasteiger charge is -2.60. The minimum Gasteiger partial charge on any atom is -0.495 e. The molecule has 0 amide bonds. The van der Waals surface area contributed by atoms with Crippen molar-refractivity contribution in [3.63, 3.8) is 0 Å². The number of unbranched alkanes of at least 4 members (excludes halogenated alkanes) is 1. The molecule has 36 heavy (non-hydrogen) atoms. The number of fused-ring (bicyclic) bond motifs is 3. The highest BCUT2D eigenvalue weighted by Gasteiger charge is 2.60. The smallest absolute Gasteiger partial charge is 0.342 e. The summed E-state index contributed by atoms with van der Waals surface area (Å²) in [5.41, 5.74) is 1.32. The van der Waals surface area contributed by atoms with Gasteiger partial charge in [-0.3, -0.25) is 4.79 Å². The summed E-state index contributed by atoms with van der Waals surface area (Å²) in [6, 6.07) is 0. The van der Waals surface area contributed by atoms with Gasteiger partial charge in [-0.05, 0) is 76.7 Å². The lowest BCUT2D eigenvalue weighted by molar-refractivity contribution is -0.172. The van der Waals surface area contributed by atoms with Gasteiger partial charge in [0.1, 0.15) is 29.3 Å². The van der Waals surface area contributed by atoms with Crippen LogP contribution in [0.2, 0.25) is 0 Å². The van der Waals surface area contributed by atoms with Crippen molar-refractivity contribution in [2.45, 2.75) is 104 Å². The second kappa shape index (κ2) is 9.55. The third-order valence-electron chi connectivity index (χ3n) is 9.11. The number of hydrogen-bond donors (Lipinski definition) is 1. The molecule has 0 aromatic heterocycles. The van der Waals surface area contributed by atoms with E-state index in [2.05, 4.69) is 20.8 Å². The summed E-state index contributed by atoms with van der Waals surface area (Å²) >= 11 is 0. The zero-order valence-electron chi connectivity index (χ0n) is 22.9. The second-order valence-electron chi connectivity index (χ2n) is 11.9. The van der Waals surface area contributed by atoms with Crippen LogP contribution in [0.3, 0.4) is 0 Å². The fourth-order valence-corrected chi connectivity index (χ4v) is 7.26. The maximum absolute atomic E-state index is 12.6. The summed E-state index contributed by atoms with van der Waals surface area (Å²) in [5, 5.41) is 11.2. The third kappa shape index (κ3) is 4.37. The molecular formula is C29H42O7. The molecule has 2 aliphatic heterocycles. The van der Waals surface area contributed by atoms with Crippen molar-refractivity contribution in [3.05, 3.63) is 22.3 Å². The van der Waals surface area contributed by atoms with E-state index in [-0.39, 0.29) is 30.4 Å². The molecule has 3 aliphatic rings. The minimum absolute atomic E-state index is 0.00473. The Hall–Kier alpha value is -2.28. The predicted octanol–water partition coefficient (Wildman–Crippen LogP) is 5.29. The number of carbonyl (C=O) groups excluding carboxylic acids is 2. The number of rotatable bonds is 8. The van der Waals surface area contributed by atoms with E-state index in [1.807, 2.05) is 20.8 Å². The summed E-state index contributed by atoms with van der Waals surface area (Å²) in [4.78, 5) is 25.2. The van der Waals surface area contributed by atoms with E-state index in [0.717, 1.165) is 48.1 Å². The fraction of sp³-hybridized carbons (Fsp3) is 0.724. The molecule has 2 heterocycles. The van der Waals surface area contributed by atoms with Crippen LogP contribution in [-0.4, -0.2) is 42.0 Å². The van der Waals surface area contributed by atoms with Gasteiger partial charge in [0.25, 0.3) is 0 Å². The summed E-state index contributed by atoms with van der Waals surface area (Å²) in [6.07, 6.45) is 4.91. The van der Waals surface area contributed by atoms with Gasteiger partial charge in [-0.2, -0.15) is 0 Å². The standard InChI is InChI=1S/C29H42O7/c1-8-9-14-34-22(30)11-12-28(5)20(27(3,4)32)10-13-29(6)21(28)15-18-24(36-29)17(2)19-16-35-26(31)23(19)25(18)33-7/h20-21,32H,8-16H2,1-7H3/t20-,21+,28+,29-/m0/s1. The Morgan fingerprint density at radius 2 is 1.97 bits per heavy atom. The number of ether oxygens (including phenoxy) is 4. The van der Waals surface area contributed by atoms with Crippen molar-refractivity contribution >= 4 is 11.9 Å². The average Bonchev–Trinajstić information content (AvgIpc) is 3.19. The maximum atomic E-state index is 12.6. The van der Waals surface area contributed by atoms with Crippen molar-refractivity contribution in [3.8, 4) is 11.5 Å². The molecule has 7 heteroatoms.